The second kappa shape index (κ2) is 5.50. The fraction of sp³-hybridized carbons (Fsp3) is 0.0588. The number of hydrogen-bond acceptors (Lipinski definition) is 4. The summed E-state index contributed by atoms with van der Waals surface area (Å²) in [5.74, 6) is 0. The summed E-state index contributed by atoms with van der Waals surface area (Å²) in [6.07, 6.45) is 1.56. The topological polar surface area (TPSA) is 124 Å². The van der Waals surface area contributed by atoms with Gasteiger partial charge < -0.3 is 4.98 Å². The summed E-state index contributed by atoms with van der Waals surface area (Å²) in [4.78, 5) is 2.88. The monoisotopic (exact) mass is 336 g/mol. The molecule has 0 spiro atoms. The number of nitrogens with one attached hydrogen (secondary N) is 1. The van der Waals surface area contributed by atoms with Crippen molar-refractivity contribution in [3.63, 3.8) is 0 Å². The number of benzene rings is 2. The zero-order valence-corrected chi connectivity index (χ0v) is 13.5. The molecular weight excluding hydrogens is 324 g/mol. The van der Waals surface area contributed by atoms with Crippen molar-refractivity contribution >= 4 is 20.9 Å². The first kappa shape index (κ1) is 15.8. The molecule has 24 heavy (non-hydrogen) atoms. The Balaban J connectivity index is 2.51. The molecular formula is C17H12N4O2S. The zero-order chi connectivity index (χ0) is 17.5. The van der Waals surface area contributed by atoms with Crippen LogP contribution in [0, 0.1) is 29.6 Å². The number of nitrogens with zero attached hydrogens (tertiary/aromatic N) is 2. The predicted octanol–water partition coefficient (Wildman–Crippen LogP) is 2.53. The molecule has 6 nitrogen and oxygen atoms in total. The SMILES string of the molecule is Cc1ccc(-c2c(C#N)cccc2S(N)(=O)=O)c2[nH]cc(C#N)c12. The van der Waals surface area contributed by atoms with Gasteiger partial charge in [0.15, 0.2) is 0 Å². The van der Waals surface area contributed by atoms with Crippen LogP contribution in [0.2, 0.25) is 0 Å². The first-order valence-electron chi connectivity index (χ1n) is 6.95. The quantitative estimate of drug-likeness (QED) is 0.746. The molecule has 0 radical (unpaired) electrons. The molecule has 3 aromatic rings. The van der Waals surface area contributed by atoms with E-state index in [0.29, 0.717) is 22.0 Å². The molecule has 0 amide bonds. The van der Waals surface area contributed by atoms with E-state index in [1.807, 2.05) is 13.0 Å². The molecule has 0 bridgehead atoms. The number of sulfonamides is 1. The van der Waals surface area contributed by atoms with Crippen LogP contribution in [-0.4, -0.2) is 13.4 Å². The molecule has 0 saturated heterocycles. The van der Waals surface area contributed by atoms with Gasteiger partial charge in [0.2, 0.25) is 10.0 Å². The predicted molar refractivity (Wildman–Crippen MR) is 89.3 cm³/mol. The zero-order valence-electron chi connectivity index (χ0n) is 12.7. The van der Waals surface area contributed by atoms with Gasteiger partial charge in [-0.2, -0.15) is 10.5 Å². The van der Waals surface area contributed by atoms with E-state index in [4.69, 9.17) is 5.14 Å². The third-order valence-corrected chi connectivity index (χ3v) is 4.84. The lowest BCUT2D eigenvalue weighted by molar-refractivity contribution is 0.598. The number of nitrogens with two attached hydrogens (primary N) is 1. The van der Waals surface area contributed by atoms with Crippen LogP contribution in [0.4, 0.5) is 0 Å². The summed E-state index contributed by atoms with van der Waals surface area (Å²) >= 11 is 0. The van der Waals surface area contributed by atoms with Crippen LogP contribution in [0.5, 0.6) is 0 Å². The number of aromatic nitrogens is 1. The van der Waals surface area contributed by atoms with Crippen LogP contribution in [0.3, 0.4) is 0 Å². The summed E-state index contributed by atoms with van der Waals surface area (Å²) in [5.41, 5.74) is 2.87. The highest BCUT2D eigenvalue weighted by molar-refractivity contribution is 7.89. The molecule has 0 atom stereocenters. The summed E-state index contributed by atoms with van der Waals surface area (Å²) in [5, 5.41) is 24.7. The largest absolute Gasteiger partial charge is 0.359 e. The summed E-state index contributed by atoms with van der Waals surface area (Å²) in [6, 6.07) is 12.0. The van der Waals surface area contributed by atoms with Crippen molar-refractivity contribution in [2.45, 2.75) is 11.8 Å². The number of hydrogen-bond donors (Lipinski definition) is 2. The van der Waals surface area contributed by atoms with Crippen molar-refractivity contribution < 1.29 is 8.42 Å². The van der Waals surface area contributed by atoms with Crippen molar-refractivity contribution in [3.05, 3.63) is 53.2 Å². The molecule has 0 fully saturated rings. The Bertz CT molecular complexity index is 1160. The number of fused-ring (bicyclic) bond motifs is 1. The second-order valence-electron chi connectivity index (χ2n) is 5.33. The first-order chi connectivity index (χ1) is 11.4. The Morgan fingerprint density at radius 3 is 2.42 bits per heavy atom. The maximum atomic E-state index is 12.0. The van der Waals surface area contributed by atoms with Crippen molar-refractivity contribution in [2.24, 2.45) is 5.14 Å². The van der Waals surface area contributed by atoms with Crippen LogP contribution in [-0.2, 0) is 10.0 Å². The van der Waals surface area contributed by atoms with Gasteiger partial charge in [-0.05, 0) is 24.6 Å². The Kier molecular flexibility index (Phi) is 3.61. The summed E-state index contributed by atoms with van der Waals surface area (Å²) < 4.78 is 23.9. The standard InChI is InChI=1S/C17H12N4O2S/c1-10-5-6-13(17-15(10)12(8-19)9-21-17)16-11(7-18)3-2-4-14(16)24(20,22)23/h2-6,9,21H,1H3,(H2,20,22,23). The second-order valence-corrected chi connectivity index (χ2v) is 6.86. The number of nitriles is 2. The van der Waals surface area contributed by atoms with Gasteiger partial charge in [0.1, 0.15) is 6.07 Å². The van der Waals surface area contributed by atoms with Gasteiger partial charge in [-0.1, -0.05) is 18.2 Å². The van der Waals surface area contributed by atoms with Gasteiger partial charge in [-0.15, -0.1) is 0 Å². The van der Waals surface area contributed by atoms with E-state index in [-0.39, 0.29) is 16.0 Å². The lowest BCUT2D eigenvalue weighted by atomic mass is 9.95. The number of aromatic amines is 1. The molecule has 118 valence electrons. The van der Waals surface area contributed by atoms with Gasteiger partial charge in [0.05, 0.1) is 27.6 Å². The molecule has 7 heteroatoms. The number of primary sulfonamides is 1. The van der Waals surface area contributed by atoms with Gasteiger partial charge in [0, 0.05) is 22.7 Å². The number of rotatable bonds is 2. The molecule has 2 aromatic carbocycles. The average Bonchev–Trinajstić information content (AvgIpc) is 2.99. The molecule has 0 aliphatic carbocycles. The molecule has 3 rings (SSSR count). The van der Waals surface area contributed by atoms with Crippen LogP contribution < -0.4 is 5.14 Å². The van der Waals surface area contributed by atoms with E-state index in [0.717, 1.165) is 5.56 Å². The third-order valence-electron chi connectivity index (χ3n) is 3.89. The van der Waals surface area contributed by atoms with Crippen molar-refractivity contribution in [1.29, 1.82) is 10.5 Å². The van der Waals surface area contributed by atoms with Crippen LogP contribution in [0.15, 0.2) is 41.4 Å². The van der Waals surface area contributed by atoms with Crippen LogP contribution in [0.1, 0.15) is 16.7 Å². The molecule has 0 aliphatic heterocycles. The van der Waals surface area contributed by atoms with E-state index < -0.39 is 10.0 Å². The van der Waals surface area contributed by atoms with E-state index in [1.165, 1.54) is 18.2 Å². The fourth-order valence-electron chi connectivity index (χ4n) is 2.86. The van der Waals surface area contributed by atoms with Crippen LogP contribution in [0.25, 0.3) is 22.0 Å². The smallest absolute Gasteiger partial charge is 0.238 e. The van der Waals surface area contributed by atoms with Gasteiger partial charge in [0.25, 0.3) is 0 Å². The molecule has 3 N–H and O–H groups in total. The summed E-state index contributed by atoms with van der Waals surface area (Å²) in [6.45, 7) is 1.86. The molecule has 1 aromatic heterocycles. The van der Waals surface area contributed by atoms with Crippen molar-refractivity contribution in [1.82, 2.24) is 4.98 Å². The minimum absolute atomic E-state index is 0.125. The van der Waals surface area contributed by atoms with E-state index in [1.54, 1.807) is 18.3 Å². The number of H-pyrrole nitrogens is 1. The van der Waals surface area contributed by atoms with Gasteiger partial charge >= 0.3 is 0 Å². The normalized spacial score (nSPS) is 11.2. The summed E-state index contributed by atoms with van der Waals surface area (Å²) in [7, 11) is -4.02. The van der Waals surface area contributed by atoms with Crippen molar-refractivity contribution in [2.75, 3.05) is 0 Å². The molecule has 0 unspecified atom stereocenters. The first-order valence-corrected chi connectivity index (χ1v) is 8.50. The molecule has 0 aliphatic rings. The highest BCUT2D eigenvalue weighted by atomic mass is 32.2. The molecule has 0 saturated carbocycles. The number of aryl methyl sites for hydroxylation is 1. The Labute approximate surface area is 138 Å². The highest BCUT2D eigenvalue weighted by Crippen LogP contribution is 2.36. The Hall–Kier alpha value is -3.13. The molecule has 1 heterocycles. The van der Waals surface area contributed by atoms with E-state index in [2.05, 4.69) is 11.1 Å². The lowest BCUT2D eigenvalue weighted by Gasteiger charge is -2.12. The van der Waals surface area contributed by atoms with Gasteiger partial charge in [-0.25, -0.2) is 13.6 Å². The lowest BCUT2D eigenvalue weighted by Crippen LogP contribution is -2.14. The Morgan fingerprint density at radius 2 is 1.79 bits per heavy atom. The van der Waals surface area contributed by atoms with E-state index in [9.17, 15) is 18.9 Å². The fourth-order valence-corrected chi connectivity index (χ4v) is 3.63. The minimum Gasteiger partial charge on any atom is -0.359 e. The minimum atomic E-state index is -4.02. The van der Waals surface area contributed by atoms with E-state index >= 15 is 0 Å². The van der Waals surface area contributed by atoms with Crippen LogP contribution >= 0.6 is 0 Å². The highest BCUT2D eigenvalue weighted by Gasteiger charge is 2.21. The third kappa shape index (κ3) is 2.33. The average molecular weight is 336 g/mol. The maximum absolute atomic E-state index is 12.0. The Morgan fingerprint density at radius 1 is 1.08 bits per heavy atom. The maximum Gasteiger partial charge on any atom is 0.238 e. The van der Waals surface area contributed by atoms with Crippen molar-refractivity contribution in [3.8, 4) is 23.3 Å². The van der Waals surface area contributed by atoms with Gasteiger partial charge in [-0.3, -0.25) is 0 Å².